The maximum atomic E-state index is 14.9. The van der Waals surface area contributed by atoms with Crippen molar-refractivity contribution in [3.8, 4) is 0 Å². The van der Waals surface area contributed by atoms with Crippen molar-refractivity contribution in [2.75, 3.05) is 23.7 Å². The number of pyridine rings is 2. The number of rotatable bonds is 7. The molecule has 2 heterocycles. The molecular formula is C20H20ClF2N5O2S. The summed E-state index contributed by atoms with van der Waals surface area (Å²) in [6, 6.07) is 5.83. The highest BCUT2D eigenvalue weighted by Gasteiger charge is 2.18. The molecule has 0 amide bonds. The number of benzene rings is 1. The van der Waals surface area contributed by atoms with Crippen molar-refractivity contribution in [2.45, 2.75) is 13.3 Å². The summed E-state index contributed by atoms with van der Waals surface area (Å²) in [6.45, 7) is 1.82. The first kappa shape index (κ1) is 22.9. The fourth-order valence-corrected chi connectivity index (χ4v) is 3.69. The number of halogens is 3. The molecule has 0 aliphatic heterocycles. The fraction of sp³-hybridized carbons (Fsp3) is 0.200. The highest BCUT2D eigenvalue weighted by molar-refractivity contribution is 7.90. The van der Waals surface area contributed by atoms with Gasteiger partial charge in [0, 0.05) is 37.9 Å². The summed E-state index contributed by atoms with van der Waals surface area (Å²) < 4.78 is 56.6. The number of nitrogens with zero attached hydrogens (tertiary/aromatic N) is 3. The molecule has 0 atom stereocenters. The summed E-state index contributed by atoms with van der Waals surface area (Å²) in [5.41, 5.74) is 2.62. The van der Waals surface area contributed by atoms with E-state index in [-0.39, 0.29) is 17.0 Å². The number of nitrogens with one attached hydrogen (secondary N) is 2. The molecule has 0 fully saturated rings. The molecule has 31 heavy (non-hydrogen) atoms. The summed E-state index contributed by atoms with van der Waals surface area (Å²) >= 11 is 5.83. The zero-order valence-corrected chi connectivity index (χ0v) is 18.5. The number of hydrogen-bond donors (Lipinski definition) is 2. The van der Waals surface area contributed by atoms with Gasteiger partial charge in [-0.05, 0) is 47.9 Å². The molecule has 11 heteroatoms. The van der Waals surface area contributed by atoms with Gasteiger partial charge in [0.1, 0.15) is 5.82 Å². The molecule has 164 valence electrons. The average molecular weight is 468 g/mol. The summed E-state index contributed by atoms with van der Waals surface area (Å²) in [4.78, 5) is 9.60. The normalized spacial score (nSPS) is 11.4. The Kier molecular flexibility index (Phi) is 6.73. The maximum Gasteiger partial charge on any atom is 0.300 e. The number of hydrogen-bond acceptors (Lipinski definition) is 5. The van der Waals surface area contributed by atoms with E-state index in [1.165, 1.54) is 25.4 Å². The van der Waals surface area contributed by atoms with Crippen LogP contribution in [0.1, 0.15) is 16.7 Å². The average Bonchev–Trinajstić information content (AvgIpc) is 2.72. The van der Waals surface area contributed by atoms with Crippen LogP contribution in [0.2, 0.25) is 5.02 Å². The lowest BCUT2D eigenvalue weighted by atomic mass is 10.0. The lowest BCUT2D eigenvalue weighted by molar-refractivity contribution is 0.589. The van der Waals surface area contributed by atoms with Crippen molar-refractivity contribution in [1.29, 1.82) is 0 Å². The highest BCUT2D eigenvalue weighted by Crippen LogP contribution is 2.32. The van der Waals surface area contributed by atoms with Gasteiger partial charge >= 0.3 is 0 Å². The first-order chi connectivity index (χ1) is 14.6. The zero-order valence-electron chi connectivity index (χ0n) is 16.9. The lowest BCUT2D eigenvalue weighted by Gasteiger charge is -2.23. The minimum Gasteiger partial charge on any atom is -0.341 e. The van der Waals surface area contributed by atoms with Gasteiger partial charge in [0.2, 0.25) is 0 Å². The first-order valence-corrected chi connectivity index (χ1v) is 11.0. The Hall–Kier alpha value is -2.82. The van der Waals surface area contributed by atoms with E-state index in [2.05, 4.69) is 9.97 Å². The van der Waals surface area contributed by atoms with Crippen LogP contribution in [0.4, 0.5) is 26.0 Å². The minimum atomic E-state index is -3.92. The second kappa shape index (κ2) is 9.13. The van der Waals surface area contributed by atoms with Gasteiger partial charge in [-0.25, -0.2) is 18.5 Å². The molecule has 0 spiro atoms. The van der Waals surface area contributed by atoms with Gasteiger partial charge in [-0.2, -0.15) is 8.42 Å². The first-order valence-electron chi connectivity index (χ1n) is 9.10. The van der Waals surface area contributed by atoms with Gasteiger partial charge in [-0.1, -0.05) is 11.6 Å². The Morgan fingerprint density at radius 2 is 1.87 bits per heavy atom. The Morgan fingerprint density at radius 3 is 2.55 bits per heavy atom. The predicted octanol–water partition coefficient (Wildman–Crippen LogP) is 3.95. The second-order valence-corrected chi connectivity index (χ2v) is 8.77. The van der Waals surface area contributed by atoms with E-state index in [9.17, 15) is 17.2 Å². The second-order valence-electron chi connectivity index (χ2n) is 6.72. The summed E-state index contributed by atoms with van der Waals surface area (Å²) in [5, 5.41) is 0.288. The number of anilines is 3. The van der Waals surface area contributed by atoms with Crippen molar-refractivity contribution in [2.24, 2.45) is 0 Å². The molecule has 7 nitrogen and oxygen atoms in total. The Balaban J connectivity index is 1.94. The molecular weight excluding hydrogens is 448 g/mol. The SMILES string of the molecule is CNS(=O)(=O)Nc1nccc(Cc2cncc(N(C)c3ccc(Cl)cc3F)c2C)c1F. The molecule has 3 aromatic rings. The van der Waals surface area contributed by atoms with E-state index in [0.717, 1.165) is 5.56 Å². The van der Waals surface area contributed by atoms with Crippen molar-refractivity contribution in [1.82, 2.24) is 14.7 Å². The van der Waals surface area contributed by atoms with Crippen LogP contribution in [0.5, 0.6) is 0 Å². The van der Waals surface area contributed by atoms with E-state index in [1.807, 2.05) is 16.4 Å². The van der Waals surface area contributed by atoms with Crippen molar-refractivity contribution in [3.05, 3.63) is 76.2 Å². The molecule has 0 saturated heterocycles. The van der Waals surface area contributed by atoms with Crippen molar-refractivity contribution in [3.63, 3.8) is 0 Å². The monoisotopic (exact) mass is 467 g/mol. The Labute approximate surface area is 184 Å². The summed E-state index contributed by atoms with van der Waals surface area (Å²) in [6.07, 6.45) is 4.62. The minimum absolute atomic E-state index is 0.131. The van der Waals surface area contributed by atoms with Crippen molar-refractivity contribution < 1.29 is 17.2 Å². The molecule has 0 radical (unpaired) electrons. The third-order valence-electron chi connectivity index (χ3n) is 4.78. The van der Waals surface area contributed by atoms with E-state index in [4.69, 9.17) is 11.6 Å². The molecule has 0 unspecified atom stereocenters. The molecule has 0 aliphatic carbocycles. The van der Waals surface area contributed by atoms with Crippen LogP contribution >= 0.6 is 11.6 Å². The van der Waals surface area contributed by atoms with Gasteiger partial charge in [-0.15, -0.1) is 0 Å². The van der Waals surface area contributed by atoms with Crippen LogP contribution < -0.4 is 14.3 Å². The number of aromatic nitrogens is 2. The zero-order chi connectivity index (χ0) is 22.8. The molecule has 2 N–H and O–H groups in total. The highest BCUT2D eigenvalue weighted by atomic mass is 35.5. The molecule has 0 saturated carbocycles. The Morgan fingerprint density at radius 1 is 1.13 bits per heavy atom. The third-order valence-corrected chi connectivity index (χ3v) is 6.01. The van der Waals surface area contributed by atoms with Crippen LogP contribution in [0, 0.1) is 18.6 Å². The third kappa shape index (κ3) is 5.09. The van der Waals surface area contributed by atoms with Crippen LogP contribution in [-0.2, 0) is 16.6 Å². The standard InChI is InChI=1S/C20H20ClF2N5O2S/c1-12-14(8-13-6-7-26-20(19(13)23)27-31(29,30)24-2)10-25-11-18(12)28(3)17-5-4-15(21)9-16(17)22/h4-7,9-11,24H,8H2,1-3H3,(H,26,27). The topological polar surface area (TPSA) is 87.2 Å². The Bertz CT molecular complexity index is 1220. The van der Waals surface area contributed by atoms with Gasteiger partial charge in [0.25, 0.3) is 10.2 Å². The van der Waals surface area contributed by atoms with E-state index >= 15 is 0 Å². The largest absolute Gasteiger partial charge is 0.341 e. The van der Waals surface area contributed by atoms with E-state index < -0.39 is 27.7 Å². The molecule has 0 bridgehead atoms. The van der Waals surface area contributed by atoms with Gasteiger partial charge in [0.05, 0.1) is 17.6 Å². The fourth-order valence-electron chi connectivity index (χ4n) is 3.03. The quantitative estimate of drug-likeness (QED) is 0.549. The lowest BCUT2D eigenvalue weighted by Crippen LogP contribution is -2.27. The molecule has 1 aromatic carbocycles. The van der Waals surface area contributed by atoms with E-state index in [1.54, 1.807) is 36.5 Å². The summed E-state index contributed by atoms with van der Waals surface area (Å²) in [5.74, 6) is -1.68. The molecule has 3 rings (SSSR count). The van der Waals surface area contributed by atoms with Crippen LogP contribution in [0.3, 0.4) is 0 Å². The smallest absolute Gasteiger partial charge is 0.300 e. The van der Waals surface area contributed by atoms with Gasteiger partial charge in [0.15, 0.2) is 11.6 Å². The van der Waals surface area contributed by atoms with Gasteiger partial charge in [-0.3, -0.25) is 9.71 Å². The van der Waals surface area contributed by atoms with Gasteiger partial charge < -0.3 is 4.90 Å². The van der Waals surface area contributed by atoms with E-state index in [0.29, 0.717) is 16.9 Å². The molecule has 0 aliphatic rings. The van der Waals surface area contributed by atoms with Crippen molar-refractivity contribution >= 4 is 39.0 Å². The molecule has 2 aromatic heterocycles. The maximum absolute atomic E-state index is 14.9. The van der Waals surface area contributed by atoms with Crippen LogP contribution in [0.15, 0.2) is 42.9 Å². The van der Waals surface area contributed by atoms with Crippen LogP contribution in [0.25, 0.3) is 0 Å². The predicted molar refractivity (Wildman–Crippen MR) is 117 cm³/mol. The summed E-state index contributed by atoms with van der Waals surface area (Å²) in [7, 11) is -1.02. The van der Waals surface area contributed by atoms with Crippen LogP contribution in [-0.4, -0.2) is 32.5 Å².